The number of halogens is 1. The first kappa shape index (κ1) is 19.6. The van der Waals surface area contributed by atoms with Crippen LogP contribution in [-0.2, 0) is 22.6 Å². The zero-order chi connectivity index (χ0) is 19.1. The average Bonchev–Trinajstić information content (AvgIpc) is 2.59. The van der Waals surface area contributed by atoms with E-state index in [1.165, 1.54) is 12.1 Å². The molecule has 0 aliphatic carbocycles. The number of nitrogens with zero attached hydrogens (tertiary/aromatic N) is 1. The molecule has 1 N–H and O–H groups in total. The van der Waals surface area contributed by atoms with Crippen LogP contribution in [0.15, 0.2) is 48.5 Å². The van der Waals surface area contributed by atoms with Gasteiger partial charge < -0.3 is 10.2 Å². The van der Waals surface area contributed by atoms with E-state index in [1.54, 1.807) is 24.0 Å². The highest BCUT2D eigenvalue weighted by Crippen LogP contribution is 2.20. The van der Waals surface area contributed by atoms with E-state index in [2.05, 4.69) is 5.32 Å². The van der Waals surface area contributed by atoms with E-state index < -0.39 is 0 Å². The highest BCUT2D eigenvalue weighted by atomic mass is 19.1. The number of rotatable bonds is 7. The molecular formula is C21H25FN2O2. The van der Waals surface area contributed by atoms with Gasteiger partial charge in [-0.05, 0) is 49.2 Å². The monoisotopic (exact) mass is 356 g/mol. The number of benzene rings is 2. The topological polar surface area (TPSA) is 49.4 Å². The van der Waals surface area contributed by atoms with Crippen LogP contribution in [0.2, 0.25) is 0 Å². The Balaban J connectivity index is 2.15. The first-order chi connectivity index (χ1) is 12.4. The van der Waals surface area contributed by atoms with E-state index >= 15 is 0 Å². The van der Waals surface area contributed by atoms with E-state index in [-0.39, 0.29) is 23.7 Å². The van der Waals surface area contributed by atoms with Crippen molar-refractivity contribution >= 4 is 17.5 Å². The van der Waals surface area contributed by atoms with Crippen LogP contribution in [0.3, 0.4) is 0 Å². The third-order valence-corrected chi connectivity index (χ3v) is 3.90. The SMILES string of the molecule is CCC(=O)N(Cc1cccc(F)c1)c1ccc(CC(=O)NC(C)C)cc1. The van der Waals surface area contributed by atoms with Gasteiger partial charge in [0.2, 0.25) is 11.8 Å². The number of nitrogens with one attached hydrogen (secondary N) is 1. The molecule has 5 heteroatoms. The molecule has 0 atom stereocenters. The summed E-state index contributed by atoms with van der Waals surface area (Å²) in [5.41, 5.74) is 2.34. The zero-order valence-electron chi connectivity index (χ0n) is 15.5. The van der Waals surface area contributed by atoms with E-state index in [0.29, 0.717) is 19.4 Å². The molecule has 2 aromatic carbocycles. The highest BCUT2D eigenvalue weighted by molar-refractivity contribution is 5.93. The molecular weight excluding hydrogens is 331 g/mol. The molecule has 4 nitrogen and oxygen atoms in total. The average molecular weight is 356 g/mol. The molecule has 0 bridgehead atoms. The fraction of sp³-hybridized carbons (Fsp3) is 0.333. The van der Waals surface area contributed by atoms with Crippen molar-refractivity contribution < 1.29 is 14.0 Å². The van der Waals surface area contributed by atoms with Crippen LogP contribution in [0, 0.1) is 5.82 Å². The molecule has 2 rings (SSSR count). The molecule has 2 amide bonds. The quantitative estimate of drug-likeness (QED) is 0.819. The summed E-state index contributed by atoms with van der Waals surface area (Å²) in [6.07, 6.45) is 0.651. The van der Waals surface area contributed by atoms with Gasteiger partial charge in [-0.25, -0.2) is 4.39 Å². The van der Waals surface area contributed by atoms with Crippen molar-refractivity contribution in [3.63, 3.8) is 0 Å². The summed E-state index contributed by atoms with van der Waals surface area (Å²) >= 11 is 0. The predicted molar refractivity (Wildman–Crippen MR) is 101 cm³/mol. The molecule has 0 fully saturated rings. The number of amides is 2. The Morgan fingerprint density at radius 1 is 1.08 bits per heavy atom. The summed E-state index contributed by atoms with van der Waals surface area (Å²) in [4.78, 5) is 25.8. The Morgan fingerprint density at radius 3 is 2.35 bits per heavy atom. The minimum absolute atomic E-state index is 0.0333. The van der Waals surface area contributed by atoms with E-state index in [4.69, 9.17) is 0 Å². The van der Waals surface area contributed by atoms with Gasteiger partial charge in [0.15, 0.2) is 0 Å². The van der Waals surface area contributed by atoms with Crippen molar-refractivity contribution in [2.24, 2.45) is 0 Å². The molecule has 0 saturated heterocycles. The fourth-order valence-electron chi connectivity index (χ4n) is 2.68. The maximum absolute atomic E-state index is 13.4. The zero-order valence-corrected chi connectivity index (χ0v) is 15.5. The van der Waals surface area contributed by atoms with Crippen molar-refractivity contribution in [1.82, 2.24) is 5.32 Å². The van der Waals surface area contributed by atoms with E-state index in [0.717, 1.165) is 16.8 Å². The van der Waals surface area contributed by atoms with Crippen molar-refractivity contribution in [1.29, 1.82) is 0 Å². The summed E-state index contributed by atoms with van der Waals surface area (Å²) in [6.45, 7) is 5.94. The first-order valence-corrected chi connectivity index (χ1v) is 8.82. The van der Waals surface area contributed by atoms with Crippen molar-refractivity contribution in [2.75, 3.05) is 4.90 Å². The molecule has 26 heavy (non-hydrogen) atoms. The lowest BCUT2D eigenvalue weighted by Gasteiger charge is -2.23. The lowest BCUT2D eigenvalue weighted by molar-refractivity contribution is -0.121. The van der Waals surface area contributed by atoms with Crippen LogP contribution in [-0.4, -0.2) is 17.9 Å². The van der Waals surface area contributed by atoms with Gasteiger partial charge in [0.25, 0.3) is 0 Å². The van der Waals surface area contributed by atoms with Crippen molar-refractivity contribution in [3.05, 3.63) is 65.5 Å². The lowest BCUT2D eigenvalue weighted by Crippen LogP contribution is -2.31. The maximum atomic E-state index is 13.4. The third kappa shape index (κ3) is 5.69. The van der Waals surface area contributed by atoms with Gasteiger partial charge in [-0.2, -0.15) is 0 Å². The maximum Gasteiger partial charge on any atom is 0.227 e. The third-order valence-electron chi connectivity index (χ3n) is 3.90. The van der Waals surface area contributed by atoms with Gasteiger partial charge in [-0.15, -0.1) is 0 Å². The van der Waals surface area contributed by atoms with Gasteiger partial charge in [0, 0.05) is 18.2 Å². The Hall–Kier alpha value is -2.69. The van der Waals surface area contributed by atoms with Crippen LogP contribution in [0.1, 0.15) is 38.3 Å². The summed E-state index contributed by atoms with van der Waals surface area (Å²) < 4.78 is 13.4. The summed E-state index contributed by atoms with van der Waals surface area (Å²) in [5, 5.41) is 2.85. The van der Waals surface area contributed by atoms with E-state index in [9.17, 15) is 14.0 Å². The normalized spacial score (nSPS) is 10.7. The predicted octanol–water partition coefficient (Wildman–Crippen LogP) is 3.84. The molecule has 0 saturated carbocycles. The number of carbonyl (C=O) groups is 2. The smallest absolute Gasteiger partial charge is 0.227 e. The minimum Gasteiger partial charge on any atom is -0.354 e. The second-order valence-corrected chi connectivity index (χ2v) is 6.53. The van der Waals surface area contributed by atoms with Gasteiger partial charge in [0.05, 0.1) is 13.0 Å². The summed E-state index contributed by atoms with van der Waals surface area (Å²) in [7, 11) is 0. The summed E-state index contributed by atoms with van der Waals surface area (Å²) in [5.74, 6) is -0.397. The summed E-state index contributed by atoms with van der Waals surface area (Å²) in [6, 6.07) is 13.7. The Morgan fingerprint density at radius 2 is 1.77 bits per heavy atom. The van der Waals surface area contributed by atoms with Gasteiger partial charge >= 0.3 is 0 Å². The number of hydrogen-bond acceptors (Lipinski definition) is 2. The Bertz CT molecular complexity index is 757. The number of anilines is 1. The standard InChI is InChI=1S/C21H25FN2O2/c1-4-21(26)24(14-17-6-5-7-18(22)12-17)19-10-8-16(9-11-19)13-20(25)23-15(2)3/h5-12,15H,4,13-14H2,1-3H3,(H,23,25). The fourth-order valence-corrected chi connectivity index (χ4v) is 2.68. The first-order valence-electron chi connectivity index (χ1n) is 8.82. The van der Waals surface area contributed by atoms with Crippen molar-refractivity contribution in [3.8, 4) is 0 Å². The highest BCUT2D eigenvalue weighted by Gasteiger charge is 2.15. The molecule has 0 aliphatic rings. The molecule has 0 unspecified atom stereocenters. The molecule has 0 heterocycles. The minimum atomic E-state index is -0.321. The molecule has 2 aromatic rings. The Labute approximate surface area is 154 Å². The van der Waals surface area contributed by atoms with Gasteiger partial charge in [0.1, 0.15) is 5.82 Å². The van der Waals surface area contributed by atoms with Crippen LogP contribution in [0.5, 0.6) is 0 Å². The molecule has 0 aliphatic heterocycles. The molecule has 0 radical (unpaired) electrons. The van der Waals surface area contributed by atoms with Gasteiger partial charge in [-0.3, -0.25) is 9.59 Å². The van der Waals surface area contributed by atoms with Gasteiger partial charge in [-0.1, -0.05) is 31.2 Å². The lowest BCUT2D eigenvalue weighted by atomic mass is 10.1. The largest absolute Gasteiger partial charge is 0.354 e. The van der Waals surface area contributed by atoms with E-state index in [1.807, 2.05) is 38.1 Å². The van der Waals surface area contributed by atoms with Crippen LogP contribution in [0.4, 0.5) is 10.1 Å². The Kier molecular flexibility index (Phi) is 6.89. The second-order valence-electron chi connectivity index (χ2n) is 6.53. The number of hydrogen-bond donors (Lipinski definition) is 1. The molecule has 0 aromatic heterocycles. The second kappa shape index (κ2) is 9.13. The van der Waals surface area contributed by atoms with Crippen LogP contribution >= 0.6 is 0 Å². The van der Waals surface area contributed by atoms with Crippen LogP contribution < -0.4 is 10.2 Å². The van der Waals surface area contributed by atoms with Crippen LogP contribution in [0.25, 0.3) is 0 Å². The molecule has 0 spiro atoms. The number of carbonyl (C=O) groups excluding carboxylic acids is 2. The van der Waals surface area contributed by atoms with Crippen molar-refractivity contribution in [2.45, 2.75) is 46.2 Å². The molecule has 138 valence electrons.